The van der Waals surface area contributed by atoms with E-state index < -0.39 is 0 Å². The molecule has 2 aliphatic carbocycles. The van der Waals surface area contributed by atoms with E-state index >= 15 is 0 Å². The van der Waals surface area contributed by atoms with Crippen LogP contribution < -0.4 is 5.32 Å². The lowest BCUT2D eigenvalue weighted by Gasteiger charge is -2.34. The zero-order valence-corrected chi connectivity index (χ0v) is 12.8. The Kier molecular flexibility index (Phi) is 5.00. The van der Waals surface area contributed by atoms with Crippen molar-refractivity contribution in [3.8, 4) is 0 Å². The smallest absolute Gasteiger partial charge is 0.262 e. The average Bonchev–Trinajstić information content (AvgIpc) is 3.20. The average molecular weight is 293 g/mol. The zero-order chi connectivity index (χ0) is 14.6. The highest BCUT2D eigenvalue weighted by Gasteiger charge is 2.51. The standard InChI is InChI=1S/C16H23NO2S/c1-3-5-6-13(4-2)19-15(20)17-12-7-8-16(9-10-16)14(18)11-12/h3-6,12,14,18H,2,7-11H2,1H3,(H,17,20). The van der Waals surface area contributed by atoms with E-state index in [1.165, 1.54) is 12.8 Å². The van der Waals surface area contributed by atoms with Gasteiger partial charge in [-0.3, -0.25) is 0 Å². The van der Waals surface area contributed by atoms with Gasteiger partial charge in [-0.05, 0) is 68.8 Å². The van der Waals surface area contributed by atoms with Gasteiger partial charge in [0.2, 0.25) is 0 Å². The quantitative estimate of drug-likeness (QED) is 0.474. The number of hydrogen-bond acceptors (Lipinski definition) is 3. The number of ether oxygens (including phenoxy) is 1. The molecule has 0 aromatic rings. The maximum Gasteiger partial charge on any atom is 0.262 e. The number of rotatable bonds is 4. The Labute approximate surface area is 126 Å². The minimum Gasteiger partial charge on any atom is -0.432 e. The number of aliphatic hydroxyl groups excluding tert-OH is 1. The molecule has 0 amide bonds. The molecule has 2 atom stereocenters. The summed E-state index contributed by atoms with van der Waals surface area (Å²) in [7, 11) is 0. The van der Waals surface area contributed by atoms with Gasteiger partial charge in [0.25, 0.3) is 5.17 Å². The molecule has 3 nitrogen and oxygen atoms in total. The fraction of sp³-hybridized carbons (Fsp3) is 0.562. The van der Waals surface area contributed by atoms with Crippen molar-refractivity contribution in [3.63, 3.8) is 0 Å². The second-order valence-electron chi connectivity index (χ2n) is 5.68. The lowest BCUT2D eigenvalue weighted by Crippen LogP contribution is -2.43. The third kappa shape index (κ3) is 3.70. The largest absolute Gasteiger partial charge is 0.432 e. The fourth-order valence-electron chi connectivity index (χ4n) is 2.78. The molecule has 2 fully saturated rings. The first kappa shape index (κ1) is 15.3. The third-order valence-electron chi connectivity index (χ3n) is 4.28. The van der Waals surface area contributed by atoms with Crippen LogP contribution >= 0.6 is 12.2 Å². The number of thiocarbonyl (C=S) groups is 1. The highest BCUT2D eigenvalue weighted by molar-refractivity contribution is 7.80. The first-order valence-electron chi connectivity index (χ1n) is 7.21. The van der Waals surface area contributed by atoms with Gasteiger partial charge in [-0.2, -0.15) is 0 Å². The summed E-state index contributed by atoms with van der Waals surface area (Å²) in [6.07, 6.45) is 12.3. The van der Waals surface area contributed by atoms with E-state index in [1.54, 1.807) is 6.08 Å². The second kappa shape index (κ2) is 6.55. The molecular weight excluding hydrogens is 270 g/mol. The molecule has 0 aromatic heterocycles. The van der Waals surface area contributed by atoms with Gasteiger partial charge in [0, 0.05) is 6.04 Å². The minimum absolute atomic E-state index is 0.200. The summed E-state index contributed by atoms with van der Waals surface area (Å²) in [5, 5.41) is 13.7. The van der Waals surface area contributed by atoms with Crippen LogP contribution in [0.25, 0.3) is 0 Å². The molecule has 4 heteroatoms. The van der Waals surface area contributed by atoms with Gasteiger partial charge in [0.15, 0.2) is 0 Å². The molecule has 2 rings (SSSR count). The van der Waals surface area contributed by atoms with E-state index in [1.807, 2.05) is 25.2 Å². The number of allylic oxidation sites excluding steroid dienone is 4. The lowest BCUT2D eigenvalue weighted by atomic mass is 9.81. The number of aliphatic hydroxyl groups is 1. The molecule has 0 aromatic carbocycles. The molecule has 0 radical (unpaired) electrons. The van der Waals surface area contributed by atoms with E-state index in [9.17, 15) is 5.11 Å². The molecule has 0 heterocycles. The molecule has 2 aliphatic rings. The minimum atomic E-state index is -0.200. The maximum absolute atomic E-state index is 10.2. The molecule has 2 N–H and O–H groups in total. The Balaban J connectivity index is 1.81. The Morgan fingerprint density at radius 1 is 1.45 bits per heavy atom. The summed E-state index contributed by atoms with van der Waals surface area (Å²) in [5.41, 5.74) is 0.235. The van der Waals surface area contributed by atoms with Crippen LogP contribution in [0.4, 0.5) is 0 Å². The van der Waals surface area contributed by atoms with Crippen molar-refractivity contribution in [2.24, 2.45) is 5.41 Å². The van der Waals surface area contributed by atoms with Crippen LogP contribution in [0.5, 0.6) is 0 Å². The summed E-state index contributed by atoms with van der Waals surface area (Å²) in [6.45, 7) is 5.63. The first-order chi connectivity index (χ1) is 9.59. The number of hydrogen-bond donors (Lipinski definition) is 2. The van der Waals surface area contributed by atoms with E-state index in [2.05, 4.69) is 11.9 Å². The van der Waals surface area contributed by atoms with E-state index in [0.29, 0.717) is 10.9 Å². The van der Waals surface area contributed by atoms with E-state index in [0.717, 1.165) is 19.3 Å². The summed E-state index contributed by atoms with van der Waals surface area (Å²) in [4.78, 5) is 0. The molecule has 0 saturated heterocycles. The number of nitrogens with one attached hydrogen (secondary N) is 1. The molecule has 0 aliphatic heterocycles. The van der Waals surface area contributed by atoms with Gasteiger partial charge in [-0.1, -0.05) is 18.7 Å². The third-order valence-corrected chi connectivity index (χ3v) is 4.49. The summed E-state index contributed by atoms with van der Waals surface area (Å²) >= 11 is 5.21. The SMILES string of the molecule is C=CC(=CC=CC)OC(=S)NC1CCC2(CC2)C(O)C1. The van der Waals surface area contributed by atoms with Crippen molar-refractivity contribution in [2.75, 3.05) is 0 Å². The topological polar surface area (TPSA) is 41.5 Å². The van der Waals surface area contributed by atoms with Crippen molar-refractivity contribution in [1.82, 2.24) is 5.32 Å². The first-order valence-corrected chi connectivity index (χ1v) is 7.62. The predicted molar refractivity (Wildman–Crippen MR) is 85.2 cm³/mol. The molecular formula is C16H23NO2S. The van der Waals surface area contributed by atoms with Crippen LogP contribution in [0.15, 0.2) is 36.6 Å². The predicted octanol–water partition coefficient (Wildman–Crippen LogP) is 3.22. The van der Waals surface area contributed by atoms with Crippen molar-refractivity contribution < 1.29 is 9.84 Å². The summed E-state index contributed by atoms with van der Waals surface area (Å²) in [5.74, 6) is 0.621. The Bertz CT molecular complexity index is 438. The molecule has 0 bridgehead atoms. The Morgan fingerprint density at radius 3 is 2.75 bits per heavy atom. The van der Waals surface area contributed by atoms with Crippen molar-refractivity contribution in [1.29, 1.82) is 0 Å². The van der Waals surface area contributed by atoms with E-state index in [-0.39, 0.29) is 17.6 Å². The van der Waals surface area contributed by atoms with Crippen LogP contribution in [-0.2, 0) is 4.74 Å². The molecule has 2 saturated carbocycles. The van der Waals surface area contributed by atoms with Crippen molar-refractivity contribution in [2.45, 2.75) is 51.2 Å². The van der Waals surface area contributed by atoms with Gasteiger partial charge >= 0.3 is 0 Å². The van der Waals surface area contributed by atoms with Crippen LogP contribution in [0.2, 0.25) is 0 Å². The van der Waals surface area contributed by atoms with E-state index in [4.69, 9.17) is 17.0 Å². The van der Waals surface area contributed by atoms with Crippen molar-refractivity contribution in [3.05, 3.63) is 36.6 Å². The fourth-order valence-corrected chi connectivity index (χ4v) is 3.04. The summed E-state index contributed by atoms with van der Waals surface area (Å²) in [6, 6.07) is 0.205. The molecule has 2 unspecified atom stereocenters. The summed E-state index contributed by atoms with van der Waals surface area (Å²) < 4.78 is 5.54. The monoisotopic (exact) mass is 293 g/mol. The van der Waals surface area contributed by atoms with Crippen LogP contribution in [0.1, 0.15) is 39.0 Å². The maximum atomic E-state index is 10.2. The van der Waals surface area contributed by atoms with Crippen LogP contribution in [0.3, 0.4) is 0 Å². The van der Waals surface area contributed by atoms with Gasteiger partial charge in [0.05, 0.1) is 6.10 Å². The Hall–Kier alpha value is -1.13. The van der Waals surface area contributed by atoms with Gasteiger partial charge in [-0.25, -0.2) is 0 Å². The molecule has 20 heavy (non-hydrogen) atoms. The van der Waals surface area contributed by atoms with Crippen molar-refractivity contribution >= 4 is 17.4 Å². The van der Waals surface area contributed by atoms with Crippen LogP contribution in [0, 0.1) is 5.41 Å². The lowest BCUT2D eigenvalue weighted by molar-refractivity contribution is 0.0426. The Morgan fingerprint density at radius 2 is 2.20 bits per heavy atom. The van der Waals surface area contributed by atoms with Gasteiger partial charge in [0.1, 0.15) is 5.76 Å². The zero-order valence-electron chi connectivity index (χ0n) is 12.0. The molecule has 110 valence electrons. The van der Waals surface area contributed by atoms with Crippen LogP contribution in [-0.4, -0.2) is 22.4 Å². The second-order valence-corrected chi connectivity index (χ2v) is 6.05. The van der Waals surface area contributed by atoms with Gasteiger partial charge in [-0.15, -0.1) is 0 Å². The highest BCUT2D eigenvalue weighted by Crippen LogP contribution is 2.56. The molecule has 1 spiro atoms. The normalized spacial score (nSPS) is 28.4. The van der Waals surface area contributed by atoms with Gasteiger partial charge < -0.3 is 15.2 Å². The highest BCUT2D eigenvalue weighted by atomic mass is 32.1.